The first-order valence-corrected chi connectivity index (χ1v) is 5.95. The van der Waals surface area contributed by atoms with E-state index in [1.54, 1.807) is 12.1 Å². The summed E-state index contributed by atoms with van der Waals surface area (Å²) in [5, 5.41) is 13.4. The molecular formula is C14H12N2O5. The van der Waals surface area contributed by atoms with Crippen LogP contribution in [0.25, 0.3) is 6.08 Å². The van der Waals surface area contributed by atoms with E-state index in [0.717, 1.165) is 0 Å². The van der Waals surface area contributed by atoms with Gasteiger partial charge in [-0.3, -0.25) is 14.9 Å². The summed E-state index contributed by atoms with van der Waals surface area (Å²) in [6, 6.07) is 7.55. The molecule has 2 rings (SSSR count). The van der Waals surface area contributed by atoms with Crippen molar-refractivity contribution in [2.45, 2.75) is 0 Å². The first-order chi connectivity index (χ1) is 10.1. The number of methoxy groups -OCH3 is 1. The smallest absolute Gasteiger partial charge is 0.296 e. The second-order valence-corrected chi connectivity index (χ2v) is 3.98. The van der Waals surface area contributed by atoms with E-state index in [-0.39, 0.29) is 11.4 Å². The van der Waals surface area contributed by atoms with Crippen LogP contribution >= 0.6 is 0 Å². The minimum Gasteiger partial charge on any atom is -0.496 e. The number of carbonyl (C=O) groups is 1. The Hall–Kier alpha value is -3.09. The molecule has 0 saturated heterocycles. The quantitative estimate of drug-likeness (QED) is 0.518. The van der Waals surface area contributed by atoms with Gasteiger partial charge < -0.3 is 14.5 Å². The van der Waals surface area contributed by atoms with Crippen molar-refractivity contribution in [3.63, 3.8) is 0 Å². The molecule has 7 nitrogen and oxygen atoms in total. The van der Waals surface area contributed by atoms with Gasteiger partial charge in [0.25, 0.3) is 5.69 Å². The number of hydrogen-bond acceptors (Lipinski definition) is 5. The molecule has 0 spiro atoms. The largest absolute Gasteiger partial charge is 0.496 e. The molecule has 1 N–H and O–H groups in total. The van der Waals surface area contributed by atoms with Crippen molar-refractivity contribution in [1.82, 2.24) is 0 Å². The van der Waals surface area contributed by atoms with Crippen LogP contribution in [0.3, 0.4) is 0 Å². The van der Waals surface area contributed by atoms with Gasteiger partial charge in [0.15, 0.2) is 0 Å². The molecule has 21 heavy (non-hydrogen) atoms. The van der Waals surface area contributed by atoms with Crippen LogP contribution < -0.4 is 10.1 Å². The number of furan rings is 1. The summed E-state index contributed by atoms with van der Waals surface area (Å²) in [4.78, 5) is 22.1. The van der Waals surface area contributed by atoms with Crippen LogP contribution in [0.1, 0.15) is 5.76 Å². The Labute approximate surface area is 120 Å². The molecule has 0 bridgehead atoms. The number of benzene rings is 1. The molecule has 0 fully saturated rings. The molecule has 2 aromatic rings. The molecule has 1 amide bonds. The highest BCUT2D eigenvalue weighted by Crippen LogP contribution is 2.28. The summed E-state index contributed by atoms with van der Waals surface area (Å²) in [7, 11) is 1.41. The number of nitrogens with one attached hydrogen (secondary N) is 1. The Morgan fingerprint density at radius 1 is 1.43 bits per heavy atom. The van der Waals surface area contributed by atoms with Gasteiger partial charge in [-0.05, 0) is 30.3 Å². The lowest BCUT2D eigenvalue weighted by Gasteiger charge is -2.05. The van der Waals surface area contributed by atoms with Crippen molar-refractivity contribution in [2.75, 3.05) is 12.4 Å². The fourth-order valence-electron chi connectivity index (χ4n) is 1.61. The number of ether oxygens (including phenoxy) is 1. The van der Waals surface area contributed by atoms with Gasteiger partial charge in [0, 0.05) is 6.08 Å². The lowest BCUT2D eigenvalue weighted by Crippen LogP contribution is -2.09. The summed E-state index contributed by atoms with van der Waals surface area (Å²) >= 11 is 0. The number of nitro groups is 1. The van der Waals surface area contributed by atoms with Crippen LogP contribution in [0, 0.1) is 10.1 Å². The molecule has 7 heteroatoms. The number of rotatable bonds is 5. The Morgan fingerprint density at radius 2 is 2.24 bits per heavy atom. The zero-order chi connectivity index (χ0) is 15.2. The van der Waals surface area contributed by atoms with Crippen LogP contribution in [0.15, 0.2) is 47.1 Å². The van der Waals surface area contributed by atoms with E-state index in [1.807, 2.05) is 0 Å². The van der Waals surface area contributed by atoms with Crippen molar-refractivity contribution in [1.29, 1.82) is 0 Å². The fraction of sp³-hybridized carbons (Fsp3) is 0.0714. The van der Waals surface area contributed by atoms with E-state index < -0.39 is 10.8 Å². The van der Waals surface area contributed by atoms with Crippen LogP contribution in [-0.4, -0.2) is 17.9 Å². The normalized spacial score (nSPS) is 10.5. The van der Waals surface area contributed by atoms with Gasteiger partial charge in [0.05, 0.1) is 24.4 Å². The second-order valence-electron chi connectivity index (χ2n) is 3.98. The monoisotopic (exact) mass is 288 g/mol. The molecule has 108 valence electrons. The summed E-state index contributed by atoms with van der Waals surface area (Å²) in [6.07, 6.45) is 4.17. The molecule has 0 atom stereocenters. The minimum atomic E-state index is -0.589. The van der Waals surface area contributed by atoms with Crippen LogP contribution in [0.5, 0.6) is 5.75 Å². The maximum absolute atomic E-state index is 11.7. The summed E-state index contributed by atoms with van der Waals surface area (Å²) in [5.41, 5.74) is -0.149. The fourth-order valence-corrected chi connectivity index (χ4v) is 1.61. The first-order valence-electron chi connectivity index (χ1n) is 5.95. The minimum absolute atomic E-state index is 0.0925. The second kappa shape index (κ2) is 6.38. The number of hydrogen-bond donors (Lipinski definition) is 1. The van der Waals surface area contributed by atoms with E-state index in [1.165, 1.54) is 43.7 Å². The van der Waals surface area contributed by atoms with E-state index in [2.05, 4.69) is 5.32 Å². The lowest BCUT2D eigenvalue weighted by molar-refractivity contribution is -0.384. The standard InChI is InChI=1S/C14H12N2O5/c1-20-11-4-6-12(13(9-11)16(18)19)15-14(17)7-5-10-3-2-8-21-10/h2-9H,1H3,(H,15,17)/b7-5+. The predicted molar refractivity (Wildman–Crippen MR) is 76.0 cm³/mol. The molecule has 0 radical (unpaired) electrons. The zero-order valence-corrected chi connectivity index (χ0v) is 11.1. The van der Waals surface area contributed by atoms with Gasteiger partial charge in [-0.1, -0.05) is 0 Å². The molecule has 0 aliphatic heterocycles. The van der Waals surface area contributed by atoms with Gasteiger partial charge in [-0.15, -0.1) is 0 Å². The highest BCUT2D eigenvalue weighted by atomic mass is 16.6. The third kappa shape index (κ3) is 3.69. The Bertz CT molecular complexity index is 677. The van der Waals surface area contributed by atoms with Crippen molar-refractivity contribution in [3.8, 4) is 5.75 Å². The number of nitro benzene ring substituents is 1. The SMILES string of the molecule is COc1ccc(NC(=O)/C=C/c2ccco2)c([N+](=O)[O-])c1. The predicted octanol–water partition coefficient (Wildman–Crippen LogP) is 2.85. The molecule has 0 saturated carbocycles. The summed E-state index contributed by atoms with van der Waals surface area (Å²) < 4.78 is 9.95. The number of anilines is 1. The van der Waals surface area contributed by atoms with Gasteiger partial charge in [-0.25, -0.2) is 0 Å². The number of nitrogens with zero attached hydrogens (tertiary/aromatic N) is 1. The highest BCUT2D eigenvalue weighted by Gasteiger charge is 2.16. The molecular weight excluding hydrogens is 276 g/mol. The van der Waals surface area contributed by atoms with Crippen molar-refractivity contribution >= 4 is 23.4 Å². The molecule has 0 aliphatic rings. The Morgan fingerprint density at radius 3 is 2.86 bits per heavy atom. The van der Waals surface area contributed by atoms with Crippen LogP contribution in [0.2, 0.25) is 0 Å². The summed E-state index contributed by atoms with van der Waals surface area (Å²) in [6.45, 7) is 0. The van der Waals surface area contributed by atoms with E-state index in [0.29, 0.717) is 11.5 Å². The Balaban J connectivity index is 2.15. The van der Waals surface area contributed by atoms with E-state index >= 15 is 0 Å². The molecule has 0 aliphatic carbocycles. The maximum atomic E-state index is 11.7. The maximum Gasteiger partial charge on any atom is 0.296 e. The van der Waals surface area contributed by atoms with E-state index in [9.17, 15) is 14.9 Å². The first kappa shape index (κ1) is 14.3. The molecule has 1 aromatic heterocycles. The van der Waals surface area contributed by atoms with Gasteiger partial charge >= 0.3 is 0 Å². The van der Waals surface area contributed by atoms with Crippen molar-refractivity contribution < 1.29 is 18.9 Å². The number of amides is 1. The van der Waals surface area contributed by atoms with Crippen molar-refractivity contribution in [3.05, 3.63) is 58.5 Å². The molecule has 0 unspecified atom stereocenters. The topological polar surface area (TPSA) is 94.6 Å². The lowest BCUT2D eigenvalue weighted by atomic mass is 10.2. The van der Waals surface area contributed by atoms with Gasteiger partial charge in [-0.2, -0.15) is 0 Å². The van der Waals surface area contributed by atoms with Gasteiger partial charge in [0.2, 0.25) is 5.91 Å². The van der Waals surface area contributed by atoms with Gasteiger partial charge in [0.1, 0.15) is 17.2 Å². The average molecular weight is 288 g/mol. The Kier molecular flexibility index (Phi) is 4.35. The third-order valence-corrected chi connectivity index (χ3v) is 2.60. The summed E-state index contributed by atoms with van der Waals surface area (Å²) in [5.74, 6) is 0.347. The van der Waals surface area contributed by atoms with Crippen molar-refractivity contribution in [2.24, 2.45) is 0 Å². The molecule has 1 heterocycles. The zero-order valence-electron chi connectivity index (χ0n) is 11.1. The third-order valence-electron chi connectivity index (χ3n) is 2.60. The van der Waals surface area contributed by atoms with E-state index in [4.69, 9.17) is 9.15 Å². The van der Waals surface area contributed by atoms with Crippen LogP contribution in [-0.2, 0) is 4.79 Å². The average Bonchev–Trinajstić information content (AvgIpc) is 2.98. The number of carbonyl (C=O) groups excluding carboxylic acids is 1. The highest BCUT2D eigenvalue weighted by molar-refractivity contribution is 6.03. The van der Waals surface area contributed by atoms with Crippen LogP contribution in [0.4, 0.5) is 11.4 Å². The molecule has 1 aromatic carbocycles.